The summed E-state index contributed by atoms with van der Waals surface area (Å²) in [4.78, 5) is 4.40. The fraction of sp³-hybridized carbons (Fsp3) is 0.273. The van der Waals surface area contributed by atoms with Crippen molar-refractivity contribution >= 4 is 28.9 Å². The van der Waals surface area contributed by atoms with E-state index in [9.17, 15) is 0 Å². The van der Waals surface area contributed by atoms with E-state index in [0.717, 1.165) is 12.2 Å². The van der Waals surface area contributed by atoms with Crippen molar-refractivity contribution in [2.45, 2.75) is 13.3 Å². The Labute approximate surface area is 109 Å². The fourth-order valence-corrected chi connectivity index (χ4v) is 2.08. The zero-order valence-corrected chi connectivity index (χ0v) is 11.0. The molecule has 1 aromatic carbocycles. The van der Waals surface area contributed by atoms with Crippen LogP contribution < -0.4 is 5.73 Å². The summed E-state index contributed by atoms with van der Waals surface area (Å²) < 4.78 is 1.68. The third-order valence-corrected chi connectivity index (χ3v) is 2.99. The Morgan fingerprint density at radius 2 is 2.06 bits per heavy atom. The predicted octanol–water partition coefficient (Wildman–Crippen LogP) is 2.93. The van der Waals surface area contributed by atoms with Crippen LogP contribution in [0.2, 0.25) is 10.0 Å². The molecule has 0 bridgehead atoms. The van der Waals surface area contributed by atoms with Crippen LogP contribution in [0.25, 0.3) is 11.4 Å². The third kappa shape index (κ3) is 2.23. The lowest BCUT2D eigenvalue weighted by atomic mass is 10.1. The molecule has 0 aliphatic heterocycles. The Hall–Kier alpha value is -1.26. The monoisotopic (exact) mass is 270 g/mol. The summed E-state index contributed by atoms with van der Waals surface area (Å²) in [6, 6.07) is 3.35. The second-order valence-electron chi connectivity index (χ2n) is 3.68. The van der Waals surface area contributed by atoms with Crippen LogP contribution in [0.15, 0.2) is 12.1 Å². The quantitative estimate of drug-likeness (QED) is 0.854. The first-order chi connectivity index (χ1) is 8.02. The molecule has 0 radical (unpaired) electrons. The number of halogens is 2. The number of hydrogen-bond acceptors (Lipinski definition) is 3. The molecule has 2 N–H and O–H groups in total. The molecule has 0 spiro atoms. The van der Waals surface area contributed by atoms with E-state index in [-0.39, 0.29) is 0 Å². The highest BCUT2D eigenvalue weighted by Crippen LogP contribution is 2.33. The van der Waals surface area contributed by atoms with Gasteiger partial charge in [-0.1, -0.05) is 30.1 Å². The summed E-state index contributed by atoms with van der Waals surface area (Å²) in [6.07, 6.45) is 0.766. The van der Waals surface area contributed by atoms with Gasteiger partial charge in [-0.2, -0.15) is 5.10 Å². The summed E-state index contributed by atoms with van der Waals surface area (Å²) in [5.74, 6) is 1.43. The van der Waals surface area contributed by atoms with E-state index in [1.54, 1.807) is 16.8 Å². The molecule has 1 heterocycles. The minimum Gasteiger partial charge on any atom is -0.397 e. The smallest absolute Gasteiger partial charge is 0.160 e. The van der Waals surface area contributed by atoms with Gasteiger partial charge >= 0.3 is 0 Å². The van der Waals surface area contributed by atoms with Crippen LogP contribution in [0.5, 0.6) is 0 Å². The third-order valence-electron chi connectivity index (χ3n) is 2.46. The molecule has 6 heteroatoms. The SMILES string of the molecule is CCc1nc(-c2cc(Cl)cc(Cl)c2N)n(C)n1. The number of nitrogens with zero attached hydrogens (tertiary/aromatic N) is 3. The van der Waals surface area contributed by atoms with Crippen LogP contribution in [-0.2, 0) is 13.5 Å². The van der Waals surface area contributed by atoms with Crippen LogP contribution in [0.3, 0.4) is 0 Å². The number of nitrogen functional groups attached to an aromatic ring is 1. The van der Waals surface area contributed by atoms with Crippen LogP contribution in [0.1, 0.15) is 12.7 Å². The lowest BCUT2D eigenvalue weighted by Gasteiger charge is -2.07. The van der Waals surface area contributed by atoms with Crippen molar-refractivity contribution in [2.24, 2.45) is 7.05 Å². The predicted molar refractivity (Wildman–Crippen MR) is 70.2 cm³/mol. The Bertz CT molecular complexity index is 563. The molecule has 4 nitrogen and oxygen atoms in total. The molecule has 1 aromatic heterocycles. The Morgan fingerprint density at radius 3 is 2.65 bits per heavy atom. The van der Waals surface area contributed by atoms with Crippen molar-refractivity contribution in [3.63, 3.8) is 0 Å². The van der Waals surface area contributed by atoms with E-state index < -0.39 is 0 Å². The van der Waals surface area contributed by atoms with Crippen LogP contribution in [0.4, 0.5) is 5.69 Å². The van der Waals surface area contributed by atoms with Gasteiger partial charge in [-0.15, -0.1) is 0 Å². The average Bonchev–Trinajstić information content (AvgIpc) is 2.65. The molecule has 2 rings (SSSR count). The van der Waals surface area contributed by atoms with Crippen LogP contribution >= 0.6 is 23.2 Å². The van der Waals surface area contributed by atoms with Gasteiger partial charge in [0.15, 0.2) is 11.6 Å². The molecule has 2 aromatic rings. The number of aromatic nitrogens is 3. The minimum absolute atomic E-state index is 0.425. The number of anilines is 1. The molecule has 0 aliphatic carbocycles. The van der Waals surface area contributed by atoms with Gasteiger partial charge in [0.2, 0.25) is 0 Å². The van der Waals surface area contributed by atoms with Crippen molar-refractivity contribution in [3.8, 4) is 11.4 Å². The highest BCUT2D eigenvalue weighted by atomic mass is 35.5. The van der Waals surface area contributed by atoms with E-state index >= 15 is 0 Å². The topological polar surface area (TPSA) is 56.7 Å². The van der Waals surface area contributed by atoms with Crippen molar-refractivity contribution in [1.82, 2.24) is 14.8 Å². The molecule has 0 atom stereocenters. The molecular formula is C11H12Cl2N4. The van der Waals surface area contributed by atoms with Gasteiger partial charge in [0.1, 0.15) is 0 Å². The van der Waals surface area contributed by atoms with Crippen molar-refractivity contribution < 1.29 is 0 Å². The zero-order valence-electron chi connectivity index (χ0n) is 9.54. The maximum Gasteiger partial charge on any atom is 0.160 e. The molecule has 0 saturated carbocycles. The van der Waals surface area contributed by atoms with Gasteiger partial charge in [-0.3, -0.25) is 0 Å². The first-order valence-electron chi connectivity index (χ1n) is 5.17. The Balaban J connectivity index is 2.63. The van der Waals surface area contributed by atoms with Gasteiger partial charge in [-0.05, 0) is 12.1 Å². The highest BCUT2D eigenvalue weighted by molar-refractivity contribution is 6.37. The number of aryl methyl sites for hydroxylation is 2. The van der Waals surface area contributed by atoms with Gasteiger partial charge in [-0.25, -0.2) is 9.67 Å². The van der Waals surface area contributed by atoms with Crippen molar-refractivity contribution in [2.75, 3.05) is 5.73 Å². The van der Waals surface area contributed by atoms with Crippen LogP contribution in [-0.4, -0.2) is 14.8 Å². The number of rotatable bonds is 2. The van der Waals surface area contributed by atoms with Gasteiger partial charge < -0.3 is 5.73 Å². The van der Waals surface area contributed by atoms with Gasteiger partial charge in [0.25, 0.3) is 0 Å². The van der Waals surface area contributed by atoms with E-state index in [1.807, 2.05) is 14.0 Å². The van der Waals surface area contributed by atoms with Gasteiger partial charge in [0, 0.05) is 24.1 Å². The molecule has 0 unspecified atom stereocenters. The first-order valence-corrected chi connectivity index (χ1v) is 5.93. The van der Waals surface area contributed by atoms with E-state index in [2.05, 4.69) is 10.1 Å². The Kier molecular flexibility index (Phi) is 3.26. The lowest BCUT2D eigenvalue weighted by molar-refractivity contribution is 0.753. The molecule has 90 valence electrons. The van der Waals surface area contributed by atoms with Crippen LogP contribution in [0, 0.1) is 0 Å². The summed E-state index contributed by atoms with van der Waals surface area (Å²) in [5.41, 5.74) is 7.10. The standard InChI is InChI=1S/C11H12Cl2N4/c1-3-9-15-11(17(2)16-9)7-4-6(12)5-8(13)10(7)14/h4-5H,3,14H2,1-2H3. The maximum atomic E-state index is 6.00. The first kappa shape index (κ1) is 12.2. The second-order valence-corrected chi connectivity index (χ2v) is 4.52. The Morgan fingerprint density at radius 1 is 1.35 bits per heavy atom. The van der Waals surface area contributed by atoms with Gasteiger partial charge in [0.05, 0.1) is 10.7 Å². The molecule has 17 heavy (non-hydrogen) atoms. The molecule has 0 aliphatic rings. The molecule has 0 amide bonds. The maximum absolute atomic E-state index is 6.00. The lowest BCUT2D eigenvalue weighted by Crippen LogP contribution is -1.98. The number of nitrogens with two attached hydrogens (primary N) is 1. The summed E-state index contributed by atoms with van der Waals surface area (Å²) in [5, 5.41) is 5.22. The van der Waals surface area contributed by atoms with Crippen molar-refractivity contribution in [1.29, 1.82) is 0 Å². The van der Waals surface area contributed by atoms with E-state index in [1.165, 1.54) is 0 Å². The number of hydrogen-bond donors (Lipinski definition) is 1. The molecule has 0 saturated heterocycles. The minimum atomic E-state index is 0.425. The summed E-state index contributed by atoms with van der Waals surface area (Å²) in [6.45, 7) is 1.99. The average molecular weight is 271 g/mol. The number of benzene rings is 1. The molecule has 0 fully saturated rings. The molecular weight excluding hydrogens is 259 g/mol. The highest BCUT2D eigenvalue weighted by Gasteiger charge is 2.14. The fourth-order valence-electron chi connectivity index (χ4n) is 1.59. The zero-order chi connectivity index (χ0) is 12.6. The second kappa shape index (κ2) is 4.55. The van der Waals surface area contributed by atoms with E-state index in [4.69, 9.17) is 28.9 Å². The van der Waals surface area contributed by atoms with Crippen molar-refractivity contribution in [3.05, 3.63) is 28.0 Å². The summed E-state index contributed by atoms with van der Waals surface area (Å²) in [7, 11) is 1.82. The normalized spacial score (nSPS) is 10.8. The largest absolute Gasteiger partial charge is 0.397 e. The summed E-state index contributed by atoms with van der Waals surface area (Å²) >= 11 is 12.0. The van der Waals surface area contributed by atoms with E-state index in [0.29, 0.717) is 27.1 Å².